The Kier molecular flexibility index (Phi) is 2.88. The van der Waals surface area contributed by atoms with Crippen LogP contribution in [0.3, 0.4) is 0 Å². The van der Waals surface area contributed by atoms with E-state index in [1.165, 1.54) is 5.56 Å². The predicted octanol–water partition coefficient (Wildman–Crippen LogP) is 2.87. The minimum Gasteiger partial charge on any atom is -0.444 e. The summed E-state index contributed by atoms with van der Waals surface area (Å²) in [5.74, 6) is 0.603. The first-order valence-electron chi connectivity index (χ1n) is 4.61. The van der Waals surface area contributed by atoms with Gasteiger partial charge in [0.15, 0.2) is 0 Å². The maximum Gasteiger partial charge on any atom is 0.227 e. The van der Waals surface area contributed by atoms with Crippen molar-refractivity contribution in [3.05, 3.63) is 40.2 Å². The molecule has 0 amide bonds. The van der Waals surface area contributed by atoms with Crippen molar-refractivity contribution in [3.8, 4) is 11.5 Å². The Morgan fingerprint density at radius 3 is 2.93 bits per heavy atom. The lowest BCUT2D eigenvalue weighted by atomic mass is 10.1. The summed E-state index contributed by atoms with van der Waals surface area (Å²) in [5.41, 5.74) is 8.36. The second kappa shape index (κ2) is 4.16. The minimum absolute atomic E-state index is 0.396. The summed E-state index contributed by atoms with van der Waals surface area (Å²) in [6, 6.07) is 6.04. The Hall–Kier alpha value is -1.13. The third-order valence-electron chi connectivity index (χ3n) is 2.11. The van der Waals surface area contributed by atoms with E-state index in [-0.39, 0.29) is 0 Å². The van der Waals surface area contributed by atoms with Crippen LogP contribution < -0.4 is 5.73 Å². The number of aryl methyl sites for hydroxylation is 1. The summed E-state index contributed by atoms with van der Waals surface area (Å²) in [6.07, 6.45) is 1.59. The Morgan fingerprint density at radius 1 is 1.47 bits per heavy atom. The first-order chi connectivity index (χ1) is 7.20. The molecule has 15 heavy (non-hydrogen) atoms. The van der Waals surface area contributed by atoms with Gasteiger partial charge in [-0.05, 0) is 35.0 Å². The lowest BCUT2D eigenvalue weighted by Gasteiger charge is -2.00. The Labute approximate surface area is 96.4 Å². The van der Waals surface area contributed by atoms with Crippen LogP contribution in [-0.4, -0.2) is 4.98 Å². The molecule has 0 aliphatic rings. The highest BCUT2D eigenvalue weighted by Crippen LogP contribution is 2.28. The number of aromatic nitrogens is 1. The van der Waals surface area contributed by atoms with Crippen LogP contribution in [0.25, 0.3) is 11.5 Å². The van der Waals surface area contributed by atoms with Gasteiger partial charge in [0.25, 0.3) is 0 Å². The van der Waals surface area contributed by atoms with Gasteiger partial charge in [0.2, 0.25) is 5.89 Å². The van der Waals surface area contributed by atoms with Crippen LogP contribution in [0, 0.1) is 6.92 Å². The number of oxazole rings is 1. The van der Waals surface area contributed by atoms with Crippen molar-refractivity contribution in [1.29, 1.82) is 0 Å². The summed E-state index contributed by atoms with van der Waals surface area (Å²) in [5, 5.41) is 0. The number of nitrogens with two attached hydrogens (primary N) is 1. The van der Waals surface area contributed by atoms with Gasteiger partial charge in [-0.2, -0.15) is 0 Å². The van der Waals surface area contributed by atoms with Crippen LogP contribution in [0.5, 0.6) is 0 Å². The molecule has 0 unspecified atom stereocenters. The van der Waals surface area contributed by atoms with Crippen LogP contribution in [0.4, 0.5) is 0 Å². The minimum atomic E-state index is 0.396. The number of hydrogen-bond acceptors (Lipinski definition) is 3. The average Bonchev–Trinajstić information content (AvgIpc) is 2.70. The fourth-order valence-electron chi connectivity index (χ4n) is 1.33. The summed E-state index contributed by atoms with van der Waals surface area (Å²) in [4.78, 5) is 4.28. The molecule has 0 fully saturated rings. The molecule has 1 aromatic heterocycles. The normalized spacial score (nSPS) is 10.6. The molecular weight excluding hydrogens is 256 g/mol. The van der Waals surface area contributed by atoms with Crippen LogP contribution in [0.1, 0.15) is 11.3 Å². The van der Waals surface area contributed by atoms with Crippen molar-refractivity contribution < 1.29 is 4.42 Å². The number of nitrogens with zero attached hydrogens (tertiary/aromatic N) is 1. The zero-order valence-corrected chi connectivity index (χ0v) is 9.91. The molecule has 0 atom stereocenters. The zero-order valence-electron chi connectivity index (χ0n) is 8.33. The zero-order chi connectivity index (χ0) is 10.8. The Balaban J connectivity index is 2.48. The molecule has 0 radical (unpaired) electrons. The van der Waals surface area contributed by atoms with Crippen LogP contribution in [0.2, 0.25) is 0 Å². The van der Waals surface area contributed by atoms with Crippen LogP contribution in [0.15, 0.2) is 33.4 Å². The molecule has 78 valence electrons. The molecule has 2 rings (SSSR count). The number of halogens is 1. The quantitative estimate of drug-likeness (QED) is 0.910. The molecule has 4 heteroatoms. The van der Waals surface area contributed by atoms with Gasteiger partial charge in [-0.25, -0.2) is 4.98 Å². The molecule has 0 spiro atoms. The van der Waals surface area contributed by atoms with E-state index >= 15 is 0 Å². The number of hydrogen-bond donors (Lipinski definition) is 1. The highest BCUT2D eigenvalue weighted by atomic mass is 79.9. The molecular formula is C11H11BrN2O. The summed E-state index contributed by atoms with van der Waals surface area (Å²) in [6.45, 7) is 2.43. The fraction of sp³-hybridized carbons (Fsp3) is 0.182. The van der Waals surface area contributed by atoms with E-state index in [1.54, 1.807) is 6.26 Å². The van der Waals surface area contributed by atoms with E-state index in [0.717, 1.165) is 15.7 Å². The summed E-state index contributed by atoms with van der Waals surface area (Å²) >= 11 is 3.47. The first-order valence-corrected chi connectivity index (χ1v) is 5.41. The Morgan fingerprint density at radius 2 is 2.27 bits per heavy atom. The average molecular weight is 267 g/mol. The molecule has 0 aliphatic heterocycles. The van der Waals surface area contributed by atoms with E-state index in [2.05, 4.69) is 20.9 Å². The van der Waals surface area contributed by atoms with Crippen molar-refractivity contribution >= 4 is 15.9 Å². The van der Waals surface area contributed by atoms with Crippen molar-refractivity contribution in [1.82, 2.24) is 4.98 Å². The van der Waals surface area contributed by atoms with E-state index in [0.29, 0.717) is 12.4 Å². The van der Waals surface area contributed by atoms with Gasteiger partial charge in [-0.15, -0.1) is 0 Å². The molecule has 1 aromatic carbocycles. The van der Waals surface area contributed by atoms with Gasteiger partial charge in [0, 0.05) is 11.0 Å². The van der Waals surface area contributed by atoms with Gasteiger partial charge >= 0.3 is 0 Å². The standard InChI is InChI=1S/C11H11BrN2O/c1-7-2-3-10(12)9(4-7)11-14-8(5-13)6-15-11/h2-4,6H,5,13H2,1H3. The molecule has 0 bridgehead atoms. The molecule has 0 aliphatic carbocycles. The highest BCUT2D eigenvalue weighted by Gasteiger charge is 2.09. The third kappa shape index (κ3) is 2.11. The predicted molar refractivity (Wildman–Crippen MR) is 62.3 cm³/mol. The Bertz CT molecular complexity index is 479. The van der Waals surface area contributed by atoms with E-state index in [9.17, 15) is 0 Å². The van der Waals surface area contributed by atoms with Gasteiger partial charge in [-0.3, -0.25) is 0 Å². The maximum absolute atomic E-state index is 5.47. The highest BCUT2D eigenvalue weighted by molar-refractivity contribution is 9.10. The maximum atomic E-state index is 5.47. The van der Waals surface area contributed by atoms with Gasteiger partial charge in [-0.1, -0.05) is 11.6 Å². The number of benzene rings is 1. The topological polar surface area (TPSA) is 52.0 Å². The van der Waals surface area contributed by atoms with Crippen LogP contribution >= 0.6 is 15.9 Å². The second-order valence-electron chi connectivity index (χ2n) is 3.33. The smallest absolute Gasteiger partial charge is 0.227 e. The third-order valence-corrected chi connectivity index (χ3v) is 2.80. The SMILES string of the molecule is Cc1ccc(Br)c(-c2nc(CN)co2)c1. The lowest BCUT2D eigenvalue weighted by molar-refractivity contribution is 0.572. The van der Waals surface area contributed by atoms with E-state index in [4.69, 9.17) is 10.2 Å². The molecule has 0 saturated carbocycles. The molecule has 2 aromatic rings. The van der Waals surface area contributed by atoms with Crippen LogP contribution in [-0.2, 0) is 6.54 Å². The second-order valence-corrected chi connectivity index (χ2v) is 4.19. The van der Waals surface area contributed by atoms with Gasteiger partial charge in [0.05, 0.1) is 11.3 Å². The first kappa shape index (κ1) is 10.4. The van der Waals surface area contributed by atoms with E-state index < -0.39 is 0 Å². The molecule has 2 N–H and O–H groups in total. The van der Waals surface area contributed by atoms with Gasteiger partial charge < -0.3 is 10.2 Å². The van der Waals surface area contributed by atoms with Crippen molar-refractivity contribution in [2.24, 2.45) is 5.73 Å². The largest absolute Gasteiger partial charge is 0.444 e. The summed E-state index contributed by atoms with van der Waals surface area (Å²) in [7, 11) is 0. The lowest BCUT2D eigenvalue weighted by Crippen LogP contribution is -1.95. The van der Waals surface area contributed by atoms with Crippen molar-refractivity contribution in [2.75, 3.05) is 0 Å². The number of rotatable bonds is 2. The van der Waals surface area contributed by atoms with Crippen molar-refractivity contribution in [3.63, 3.8) is 0 Å². The molecule has 3 nitrogen and oxygen atoms in total. The monoisotopic (exact) mass is 266 g/mol. The van der Waals surface area contributed by atoms with Crippen molar-refractivity contribution in [2.45, 2.75) is 13.5 Å². The van der Waals surface area contributed by atoms with E-state index in [1.807, 2.05) is 25.1 Å². The van der Waals surface area contributed by atoms with Gasteiger partial charge in [0.1, 0.15) is 6.26 Å². The summed E-state index contributed by atoms with van der Waals surface area (Å²) < 4.78 is 6.33. The fourth-order valence-corrected chi connectivity index (χ4v) is 1.74. The molecule has 0 saturated heterocycles. The molecule has 1 heterocycles.